The van der Waals surface area contributed by atoms with E-state index in [0.29, 0.717) is 0 Å². The van der Waals surface area contributed by atoms with E-state index in [-0.39, 0.29) is 0 Å². The van der Waals surface area contributed by atoms with Crippen LogP contribution in [0.2, 0.25) is 5.02 Å². The number of phosphoric acid groups is 1. The average Bonchev–Trinajstić information content (AvgIpc) is 2.63. The molecular weight excluding hydrogens is 397 g/mol. The molecule has 0 aliphatic carbocycles. The highest BCUT2D eigenvalue weighted by Crippen LogP contribution is 2.19. The van der Waals surface area contributed by atoms with Crippen LogP contribution in [0.1, 0.15) is 71.3 Å². The summed E-state index contributed by atoms with van der Waals surface area (Å²) in [6.45, 7) is 12.3. The van der Waals surface area contributed by atoms with Crippen molar-refractivity contribution in [2.75, 3.05) is 26.2 Å². The Kier molecular flexibility index (Phi) is 15.2. The third-order valence-corrected chi connectivity index (χ3v) is 5.59. The van der Waals surface area contributed by atoms with E-state index in [9.17, 15) is 0 Å². The molecule has 28 heavy (non-hydrogen) atoms. The second-order valence-corrected chi connectivity index (χ2v) is 8.83. The van der Waals surface area contributed by atoms with Crippen LogP contribution < -0.4 is 4.89 Å². The standard InChI is InChI=1S/C21H37ClN.H3O4P/c1-4-7-8-9-11-18-23(5-2,6-3)19-12-10-13-20-14-16-21(22)17-15-20;1-5(2,3)4/h14-17H,4-13,18-19H2,1-3H3;(H3,1,2,3,4)/q+1;/p-1. The summed E-state index contributed by atoms with van der Waals surface area (Å²) < 4.78 is 10.1. The minimum atomic E-state index is -4.89. The fraction of sp³-hybridized carbons (Fsp3) is 0.714. The third-order valence-electron chi connectivity index (χ3n) is 5.34. The quantitative estimate of drug-likeness (QED) is 0.261. The molecule has 2 N–H and O–H groups in total. The molecule has 0 saturated carbocycles. The summed E-state index contributed by atoms with van der Waals surface area (Å²) in [4.78, 5) is 22.9. The van der Waals surface area contributed by atoms with Crippen molar-refractivity contribution in [1.82, 2.24) is 0 Å². The smallest absolute Gasteiger partial charge is 0.262 e. The summed E-state index contributed by atoms with van der Waals surface area (Å²) in [5.74, 6) is 0. The molecule has 1 aromatic rings. The number of halogens is 1. The van der Waals surface area contributed by atoms with Crippen LogP contribution in [0.4, 0.5) is 0 Å². The van der Waals surface area contributed by atoms with Crippen LogP contribution in [0, 0.1) is 0 Å². The minimum absolute atomic E-state index is 0.837. The predicted octanol–water partition coefficient (Wildman–Crippen LogP) is 4.93. The van der Waals surface area contributed by atoms with E-state index >= 15 is 0 Å². The SMILES string of the molecule is CCCCCCC[N+](CC)(CC)CCCCc1ccc(Cl)cc1.O=P([O-])(O)O. The Morgan fingerprint density at radius 2 is 1.36 bits per heavy atom. The number of rotatable bonds is 13. The maximum Gasteiger partial charge on any atom is 0.262 e. The Labute approximate surface area is 176 Å². The molecule has 0 aliphatic heterocycles. The lowest BCUT2D eigenvalue weighted by Crippen LogP contribution is -2.49. The Balaban J connectivity index is 0.00000129. The maximum atomic E-state index is 8.77. The van der Waals surface area contributed by atoms with Crippen molar-refractivity contribution in [3.05, 3.63) is 34.9 Å². The molecule has 0 aliphatic rings. The van der Waals surface area contributed by atoms with Gasteiger partial charge in [-0.3, -0.25) is 4.57 Å². The van der Waals surface area contributed by atoms with Gasteiger partial charge in [0.2, 0.25) is 0 Å². The lowest BCUT2D eigenvalue weighted by atomic mass is 10.1. The molecule has 0 bridgehead atoms. The summed E-state index contributed by atoms with van der Waals surface area (Å²) in [5.41, 5.74) is 1.42. The minimum Gasteiger partial charge on any atom is -0.756 e. The molecule has 0 aromatic heterocycles. The number of benzene rings is 1. The first-order chi connectivity index (χ1) is 13.2. The molecule has 0 saturated heterocycles. The third kappa shape index (κ3) is 15.5. The van der Waals surface area contributed by atoms with Crippen molar-refractivity contribution in [2.24, 2.45) is 0 Å². The van der Waals surface area contributed by atoms with Gasteiger partial charge in [-0.05, 0) is 63.6 Å². The highest BCUT2D eigenvalue weighted by molar-refractivity contribution is 7.43. The van der Waals surface area contributed by atoms with Crippen LogP contribution in [-0.4, -0.2) is 40.4 Å². The van der Waals surface area contributed by atoms with Crippen LogP contribution in [0.3, 0.4) is 0 Å². The first-order valence-corrected chi connectivity index (χ1v) is 12.4. The largest absolute Gasteiger partial charge is 0.756 e. The normalized spacial score (nSPS) is 11.8. The molecule has 1 rings (SSSR count). The Hall–Kier alpha value is -0.420. The summed E-state index contributed by atoms with van der Waals surface area (Å²) in [7, 11) is -4.89. The number of hydrogen-bond acceptors (Lipinski definition) is 2. The molecular formula is C21H39ClNO4P. The highest BCUT2D eigenvalue weighted by atomic mass is 35.5. The molecule has 0 spiro atoms. The summed E-state index contributed by atoms with van der Waals surface area (Å²) in [6.07, 6.45) is 10.8. The Morgan fingerprint density at radius 1 is 0.893 bits per heavy atom. The van der Waals surface area contributed by atoms with Crippen molar-refractivity contribution in [3.63, 3.8) is 0 Å². The van der Waals surface area contributed by atoms with Crippen molar-refractivity contribution in [1.29, 1.82) is 0 Å². The lowest BCUT2D eigenvalue weighted by molar-refractivity contribution is -0.925. The summed E-state index contributed by atoms with van der Waals surface area (Å²) in [6, 6.07) is 8.34. The van der Waals surface area contributed by atoms with Crippen LogP contribution in [0.15, 0.2) is 24.3 Å². The van der Waals surface area contributed by atoms with E-state index in [0.717, 1.165) is 5.02 Å². The molecule has 164 valence electrons. The van der Waals surface area contributed by atoms with E-state index in [1.165, 1.54) is 87.6 Å². The molecule has 0 heterocycles. The van der Waals surface area contributed by atoms with Crippen molar-refractivity contribution < 1.29 is 23.7 Å². The molecule has 0 radical (unpaired) electrons. The van der Waals surface area contributed by atoms with Gasteiger partial charge in [0.25, 0.3) is 7.82 Å². The fourth-order valence-electron chi connectivity index (χ4n) is 3.45. The van der Waals surface area contributed by atoms with E-state index < -0.39 is 7.82 Å². The number of aryl methyl sites for hydroxylation is 1. The van der Waals surface area contributed by atoms with Gasteiger partial charge in [-0.15, -0.1) is 0 Å². The zero-order chi connectivity index (χ0) is 21.5. The van der Waals surface area contributed by atoms with Crippen LogP contribution >= 0.6 is 19.4 Å². The second-order valence-electron chi connectivity index (χ2n) is 7.41. The van der Waals surface area contributed by atoms with Crippen molar-refractivity contribution in [3.8, 4) is 0 Å². The summed E-state index contributed by atoms with van der Waals surface area (Å²) >= 11 is 5.95. The second kappa shape index (κ2) is 15.4. The topological polar surface area (TPSA) is 80.6 Å². The van der Waals surface area contributed by atoms with E-state index in [1.807, 2.05) is 12.1 Å². The van der Waals surface area contributed by atoms with Crippen LogP contribution in [-0.2, 0) is 11.0 Å². The van der Waals surface area contributed by atoms with Crippen LogP contribution in [0.25, 0.3) is 0 Å². The molecule has 1 aromatic carbocycles. The van der Waals surface area contributed by atoms with E-state index in [1.54, 1.807) is 0 Å². The average molecular weight is 436 g/mol. The van der Waals surface area contributed by atoms with Gasteiger partial charge in [-0.1, -0.05) is 49.9 Å². The number of quaternary nitrogens is 1. The first-order valence-electron chi connectivity index (χ1n) is 10.5. The fourth-order valence-corrected chi connectivity index (χ4v) is 3.57. The van der Waals surface area contributed by atoms with E-state index in [2.05, 4.69) is 32.9 Å². The lowest BCUT2D eigenvalue weighted by Gasteiger charge is -2.37. The van der Waals surface area contributed by atoms with Gasteiger partial charge >= 0.3 is 0 Å². The van der Waals surface area contributed by atoms with Gasteiger partial charge in [0.1, 0.15) is 0 Å². The number of nitrogens with zero attached hydrogens (tertiary/aromatic N) is 1. The van der Waals surface area contributed by atoms with Gasteiger partial charge < -0.3 is 19.2 Å². The molecule has 5 nitrogen and oxygen atoms in total. The van der Waals surface area contributed by atoms with Gasteiger partial charge in [0.15, 0.2) is 0 Å². The monoisotopic (exact) mass is 435 g/mol. The van der Waals surface area contributed by atoms with Crippen molar-refractivity contribution in [2.45, 2.75) is 72.1 Å². The van der Waals surface area contributed by atoms with Gasteiger partial charge in [-0.2, -0.15) is 0 Å². The molecule has 0 atom stereocenters. The zero-order valence-corrected chi connectivity index (χ0v) is 19.4. The molecule has 0 amide bonds. The molecule has 0 unspecified atom stereocenters. The van der Waals surface area contributed by atoms with Gasteiger partial charge in [-0.25, -0.2) is 0 Å². The molecule has 0 fully saturated rings. The first kappa shape index (κ1) is 27.6. The van der Waals surface area contributed by atoms with Gasteiger partial charge in [0, 0.05) is 5.02 Å². The Bertz CT molecular complexity index is 536. The van der Waals surface area contributed by atoms with Crippen LogP contribution in [0.5, 0.6) is 0 Å². The molecule has 7 heteroatoms. The number of unbranched alkanes of at least 4 members (excludes halogenated alkanes) is 5. The Morgan fingerprint density at radius 3 is 1.82 bits per heavy atom. The van der Waals surface area contributed by atoms with Crippen molar-refractivity contribution >= 4 is 19.4 Å². The predicted molar refractivity (Wildman–Crippen MR) is 116 cm³/mol. The zero-order valence-electron chi connectivity index (χ0n) is 17.8. The number of hydrogen-bond donors (Lipinski definition) is 2. The highest BCUT2D eigenvalue weighted by Gasteiger charge is 2.21. The summed E-state index contributed by atoms with van der Waals surface area (Å²) in [5, 5.41) is 0.837. The maximum absolute atomic E-state index is 8.77. The van der Waals surface area contributed by atoms with E-state index in [4.69, 9.17) is 30.8 Å². The van der Waals surface area contributed by atoms with Gasteiger partial charge in [0.05, 0.1) is 26.2 Å².